The first-order valence-electron chi connectivity index (χ1n) is 9.88. The second kappa shape index (κ2) is 8.42. The Kier molecular flexibility index (Phi) is 6.43. The lowest BCUT2D eigenvalue weighted by Gasteiger charge is -2.27. The van der Waals surface area contributed by atoms with Gasteiger partial charge in [-0.15, -0.1) is 0 Å². The van der Waals surface area contributed by atoms with Crippen LogP contribution >= 0.6 is 11.6 Å². The highest BCUT2D eigenvalue weighted by Gasteiger charge is 2.34. The Morgan fingerprint density at radius 1 is 1.43 bits per heavy atom. The second-order valence-electron chi connectivity index (χ2n) is 8.08. The molecule has 0 fully saturated rings. The van der Waals surface area contributed by atoms with Crippen molar-refractivity contribution in [2.24, 2.45) is 5.73 Å². The molecule has 6 nitrogen and oxygen atoms in total. The van der Waals surface area contributed by atoms with E-state index in [9.17, 15) is 12.8 Å². The molecule has 0 saturated carbocycles. The standard InChI is InChI=1S/C21H28ClFN4O2S/c1-12(2)20-16-10-14-6-7-17(30(28,29)26(4)5)19(22)18(14)13(3)21(16)27(25-20)11-15(23)8-9-24/h6-8,12-13H,9-11,24H2,1-5H3/b15-8-. The van der Waals surface area contributed by atoms with Gasteiger partial charge in [0.2, 0.25) is 10.0 Å². The first kappa shape index (κ1) is 22.9. The van der Waals surface area contributed by atoms with Crippen LogP contribution in [0.1, 0.15) is 60.7 Å². The molecular formula is C21H28ClFN4O2S. The molecule has 1 aliphatic rings. The zero-order valence-corrected chi connectivity index (χ0v) is 19.5. The maximum Gasteiger partial charge on any atom is 0.244 e. The maximum atomic E-state index is 14.3. The van der Waals surface area contributed by atoms with Crippen LogP contribution in [0.5, 0.6) is 0 Å². The molecule has 1 aromatic heterocycles. The lowest BCUT2D eigenvalue weighted by molar-refractivity contribution is 0.503. The number of nitrogens with two attached hydrogens (primary N) is 1. The predicted molar refractivity (Wildman–Crippen MR) is 117 cm³/mol. The second-order valence-corrected chi connectivity index (χ2v) is 10.6. The summed E-state index contributed by atoms with van der Waals surface area (Å²) in [5.41, 5.74) is 10.0. The first-order valence-corrected chi connectivity index (χ1v) is 11.7. The van der Waals surface area contributed by atoms with E-state index in [0.29, 0.717) is 6.42 Å². The molecule has 1 aromatic carbocycles. The third-order valence-electron chi connectivity index (χ3n) is 5.52. The van der Waals surface area contributed by atoms with Gasteiger partial charge in [0.1, 0.15) is 10.7 Å². The van der Waals surface area contributed by atoms with Gasteiger partial charge in [-0.3, -0.25) is 4.68 Å². The van der Waals surface area contributed by atoms with Crippen LogP contribution in [-0.2, 0) is 23.0 Å². The van der Waals surface area contributed by atoms with E-state index in [1.807, 2.05) is 13.0 Å². The maximum absolute atomic E-state index is 14.3. The molecule has 0 bridgehead atoms. The molecule has 9 heteroatoms. The average Bonchev–Trinajstić information content (AvgIpc) is 3.00. The Morgan fingerprint density at radius 2 is 2.10 bits per heavy atom. The lowest BCUT2D eigenvalue weighted by Crippen LogP contribution is -2.24. The number of rotatable bonds is 6. The zero-order chi connectivity index (χ0) is 22.4. The molecule has 0 saturated heterocycles. The van der Waals surface area contributed by atoms with Gasteiger partial charge in [0, 0.05) is 44.2 Å². The van der Waals surface area contributed by atoms with Crippen molar-refractivity contribution in [1.82, 2.24) is 14.1 Å². The Morgan fingerprint density at radius 3 is 2.67 bits per heavy atom. The molecule has 1 aliphatic carbocycles. The van der Waals surface area contributed by atoms with E-state index < -0.39 is 10.0 Å². The number of allylic oxidation sites excluding steroid dienone is 1. The fourth-order valence-corrected chi connectivity index (χ4v) is 5.69. The average molecular weight is 455 g/mol. The van der Waals surface area contributed by atoms with Crippen molar-refractivity contribution in [1.29, 1.82) is 0 Å². The van der Waals surface area contributed by atoms with Crippen LogP contribution in [0.25, 0.3) is 0 Å². The number of halogens is 2. The molecule has 30 heavy (non-hydrogen) atoms. The SMILES string of the molecule is CC(C)c1nn(C/C(F)=C/CN)c2c1Cc1ccc(S(=O)(=O)N(C)C)c(Cl)c1C2C. The van der Waals surface area contributed by atoms with Gasteiger partial charge >= 0.3 is 0 Å². The number of nitrogens with zero attached hydrogens (tertiary/aromatic N) is 3. The molecule has 164 valence electrons. The zero-order valence-electron chi connectivity index (χ0n) is 17.9. The molecule has 1 unspecified atom stereocenters. The predicted octanol–water partition coefficient (Wildman–Crippen LogP) is 3.78. The summed E-state index contributed by atoms with van der Waals surface area (Å²) in [4.78, 5) is 0.0765. The molecule has 1 heterocycles. The van der Waals surface area contributed by atoms with Crippen LogP contribution in [0.3, 0.4) is 0 Å². The minimum atomic E-state index is -3.69. The fourth-order valence-electron chi connectivity index (χ4n) is 4.08. The van der Waals surface area contributed by atoms with Crippen LogP contribution in [0.15, 0.2) is 28.9 Å². The summed E-state index contributed by atoms with van der Waals surface area (Å²) in [6, 6.07) is 3.39. The van der Waals surface area contributed by atoms with E-state index in [2.05, 4.69) is 13.8 Å². The number of aromatic nitrogens is 2. The topological polar surface area (TPSA) is 81.2 Å². The van der Waals surface area contributed by atoms with Gasteiger partial charge in [-0.25, -0.2) is 17.1 Å². The van der Waals surface area contributed by atoms with Crippen molar-refractivity contribution >= 4 is 21.6 Å². The van der Waals surface area contributed by atoms with Crippen molar-refractivity contribution in [2.45, 2.75) is 50.5 Å². The number of hydrogen-bond acceptors (Lipinski definition) is 4. The van der Waals surface area contributed by atoms with Crippen molar-refractivity contribution in [2.75, 3.05) is 20.6 Å². The summed E-state index contributed by atoms with van der Waals surface area (Å²) < 4.78 is 42.6. The Balaban J connectivity index is 2.20. The van der Waals surface area contributed by atoms with Gasteiger partial charge in [-0.2, -0.15) is 5.10 Å². The van der Waals surface area contributed by atoms with E-state index in [4.69, 9.17) is 22.4 Å². The molecule has 2 N–H and O–H groups in total. The summed E-state index contributed by atoms with van der Waals surface area (Å²) in [7, 11) is -0.740. The van der Waals surface area contributed by atoms with E-state index >= 15 is 0 Å². The number of sulfonamides is 1. The smallest absolute Gasteiger partial charge is 0.244 e. The number of hydrogen-bond donors (Lipinski definition) is 1. The summed E-state index contributed by atoms with van der Waals surface area (Å²) in [6.07, 6.45) is 1.91. The third-order valence-corrected chi connectivity index (χ3v) is 7.89. The molecule has 3 rings (SSSR count). The van der Waals surface area contributed by atoms with Crippen molar-refractivity contribution in [3.63, 3.8) is 0 Å². The van der Waals surface area contributed by atoms with E-state index in [1.54, 1.807) is 10.7 Å². The third kappa shape index (κ3) is 3.82. The monoisotopic (exact) mass is 454 g/mol. The van der Waals surface area contributed by atoms with Gasteiger partial charge in [0.15, 0.2) is 0 Å². The highest BCUT2D eigenvalue weighted by molar-refractivity contribution is 7.89. The van der Waals surface area contributed by atoms with E-state index in [0.717, 1.165) is 32.4 Å². The number of fused-ring (bicyclic) bond motifs is 2. The normalized spacial score (nSPS) is 16.9. The minimum Gasteiger partial charge on any atom is -0.327 e. The van der Waals surface area contributed by atoms with Crippen LogP contribution < -0.4 is 5.73 Å². The Bertz CT molecular complexity index is 1110. The highest BCUT2D eigenvalue weighted by atomic mass is 35.5. The quantitative estimate of drug-likeness (QED) is 0.720. The molecule has 0 spiro atoms. The van der Waals surface area contributed by atoms with E-state index in [1.165, 1.54) is 20.2 Å². The van der Waals surface area contributed by atoms with Gasteiger partial charge in [-0.05, 0) is 29.2 Å². The summed E-state index contributed by atoms with van der Waals surface area (Å²) >= 11 is 6.66. The van der Waals surface area contributed by atoms with Crippen LogP contribution in [0.2, 0.25) is 5.02 Å². The Hall–Kier alpha value is -1.74. The van der Waals surface area contributed by atoms with Gasteiger partial charge in [-0.1, -0.05) is 38.4 Å². The van der Waals surface area contributed by atoms with Crippen molar-refractivity contribution in [3.05, 3.63) is 57.1 Å². The highest BCUT2D eigenvalue weighted by Crippen LogP contribution is 2.44. The Labute approximate surface area is 182 Å². The van der Waals surface area contributed by atoms with Gasteiger partial charge in [0.05, 0.1) is 17.3 Å². The molecule has 0 amide bonds. The van der Waals surface area contributed by atoms with Crippen LogP contribution in [0.4, 0.5) is 4.39 Å². The van der Waals surface area contributed by atoms with Crippen LogP contribution in [-0.4, -0.2) is 43.1 Å². The first-order chi connectivity index (χ1) is 14.0. The molecule has 0 radical (unpaired) electrons. The molecule has 2 aromatic rings. The minimum absolute atomic E-state index is 0.0146. The van der Waals surface area contributed by atoms with E-state index in [-0.39, 0.29) is 40.7 Å². The molecule has 1 atom stereocenters. The molecule has 0 aliphatic heterocycles. The van der Waals surface area contributed by atoms with Crippen molar-refractivity contribution in [3.8, 4) is 0 Å². The summed E-state index contributed by atoms with van der Waals surface area (Å²) in [6.45, 7) is 6.17. The fraction of sp³-hybridized carbons (Fsp3) is 0.476. The number of benzene rings is 1. The van der Waals surface area contributed by atoms with Gasteiger partial charge in [0.25, 0.3) is 0 Å². The van der Waals surface area contributed by atoms with Gasteiger partial charge < -0.3 is 5.73 Å². The molecular weight excluding hydrogens is 427 g/mol. The summed E-state index contributed by atoms with van der Waals surface area (Å²) in [5, 5.41) is 4.92. The largest absolute Gasteiger partial charge is 0.327 e. The van der Waals surface area contributed by atoms with Crippen LogP contribution in [0, 0.1) is 0 Å². The summed E-state index contributed by atoms with van der Waals surface area (Å²) in [5.74, 6) is -0.426. The van der Waals surface area contributed by atoms with Crippen molar-refractivity contribution < 1.29 is 12.8 Å². The lowest BCUT2D eigenvalue weighted by atomic mass is 9.81.